The summed E-state index contributed by atoms with van der Waals surface area (Å²) >= 11 is 3.65. The van der Waals surface area contributed by atoms with E-state index in [1.165, 1.54) is 35.0 Å². The van der Waals surface area contributed by atoms with Gasteiger partial charge in [0, 0.05) is 16.2 Å². The van der Waals surface area contributed by atoms with Crippen LogP contribution in [0.5, 0.6) is 0 Å². The van der Waals surface area contributed by atoms with Gasteiger partial charge in [-0.15, -0.1) is 0 Å². The zero-order valence-corrected chi connectivity index (χ0v) is 12.5. The molecule has 1 saturated carbocycles. The van der Waals surface area contributed by atoms with Crippen molar-refractivity contribution in [2.45, 2.75) is 46.1 Å². The zero-order chi connectivity index (χ0) is 12.4. The predicted octanol–water partition coefficient (Wildman–Crippen LogP) is 4.99. The SMILES string of the molecule is Cc1ccc(NC2CC(C)CCC2C)c(Br)c1. The van der Waals surface area contributed by atoms with E-state index in [1.54, 1.807) is 0 Å². The minimum Gasteiger partial charge on any atom is -0.381 e. The van der Waals surface area contributed by atoms with Crippen LogP contribution in [0.3, 0.4) is 0 Å². The Morgan fingerprint density at radius 1 is 1.24 bits per heavy atom. The molecular formula is C15H22BrN. The third-order valence-electron chi connectivity index (χ3n) is 3.92. The summed E-state index contributed by atoms with van der Waals surface area (Å²) in [6, 6.07) is 7.16. The monoisotopic (exact) mass is 295 g/mol. The van der Waals surface area contributed by atoms with Crippen LogP contribution in [0.15, 0.2) is 22.7 Å². The molecule has 0 amide bonds. The Labute approximate surface area is 113 Å². The van der Waals surface area contributed by atoms with Crippen molar-refractivity contribution in [3.05, 3.63) is 28.2 Å². The normalized spacial score (nSPS) is 29.1. The molecule has 0 aliphatic heterocycles. The molecule has 1 fully saturated rings. The highest BCUT2D eigenvalue weighted by molar-refractivity contribution is 9.10. The minimum atomic E-state index is 0.623. The number of anilines is 1. The van der Waals surface area contributed by atoms with Crippen molar-refractivity contribution in [1.29, 1.82) is 0 Å². The molecular weight excluding hydrogens is 274 g/mol. The van der Waals surface area contributed by atoms with E-state index < -0.39 is 0 Å². The fourth-order valence-corrected chi connectivity index (χ4v) is 3.28. The molecule has 1 aromatic carbocycles. The summed E-state index contributed by atoms with van der Waals surface area (Å²) in [5.74, 6) is 1.63. The first-order chi connectivity index (χ1) is 8.06. The van der Waals surface area contributed by atoms with Crippen LogP contribution in [0.2, 0.25) is 0 Å². The highest BCUT2D eigenvalue weighted by Gasteiger charge is 2.25. The van der Waals surface area contributed by atoms with Gasteiger partial charge in [0.05, 0.1) is 0 Å². The van der Waals surface area contributed by atoms with Gasteiger partial charge in [-0.1, -0.05) is 26.3 Å². The van der Waals surface area contributed by atoms with Crippen molar-refractivity contribution in [3.8, 4) is 0 Å². The van der Waals surface area contributed by atoms with Gasteiger partial charge >= 0.3 is 0 Å². The highest BCUT2D eigenvalue weighted by Crippen LogP contribution is 2.32. The molecule has 2 heteroatoms. The molecule has 0 bridgehead atoms. The minimum absolute atomic E-state index is 0.623. The summed E-state index contributed by atoms with van der Waals surface area (Å²) in [6.45, 7) is 6.86. The quantitative estimate of drug-likeness (QED) is 0.810. The van der Waals surface area contributed by atoms with Crippen LogP contribution in [-0.4, -0.2) is 6.04 Å². The standard InChI is InChI=1S/C15H22BrN/c1-10-5-7-14(13(16)8-10)17-15-9-11(2)4-6-12(15)3/h5,7-8,11-12,15,17H,4,6,9H2,1-3H3. The second kappa shape index (κ2) is 5.43. The van der Waals surface area contributed by atoms with Gasteiger partial charge in [-0.05, 0) is 65.2 Å². The van der Waals surface area contributed by atoms with E-state index in [0.717, 1.165) is 11.8 Å². The average molecular weight is 296 g/mol. The molecule has 0 saturated heterocycles. The van der Waals surface area contributed by atoms with E-state index in [9.17, 15) is 0 Å². The largest absolute Gasteiger partial charge is 0.381 e. The number of aryl methyl sites for hydroxylation is 1. The van der Waals surface area contributed by atoms with Crippen LogP contribution in [0.4, 0.5) is 5.69 Å². The molecule has 0 aromatic heterocycles. The Kier molecular flexibility index (Phi) is 4.13. The molecule has 1 aliphatic rings. The van der Waals surface area contributed by atoms with Crippen molar-refractivity contribution in [3.63, 3.8) is 0 Å². The lowest BCUT2D eigenvalue weighted by molar-refractivity contribution is 0.280. The molecule has 0 spiro atoms. The summed E-state index contributed by atoms with van der Waals surface area (Å²) in [5, 5.41) is 3.71. The molecule has 17 heavy (non-hydrogen) atoms. The van der Waals surface area contributed by atoms with E-state index in [1.807, 2.05) is 0 Å². The number of benzene rings is 1. The number of nitrogens with one attached hydrogen (secondary N) is 1. The molecule has 1 N–H and O–H groups in total. The van der Waals surface area contributed by atoms with E-state index in [0.29, 0.717) is 6.04 Å². The summed E-state index contributed by atoms with van der Waals surface area (Å²) in [4.78, 5) is 0. The van der Waals surface area contributed by atoms with E-state index in [-0.39, 0.29) is 0 Å². The van der Waals surface area contributed by atoms with Gasteiger partial charge in [-0.3, -0.25) is 0 Å². The third kappa shape index (κ3) is 3.25. The number of hydrogen-bond donors (Lipinski definition) is 1. The van der Waals surface area contributed by atoms with Crippen LogP contribution in [0.25, 0.3) is 0 Å². The van der Waals surface area contributed by atoms with Crippen molar-refractivity contribution >= 4 is 21.6 Å². The molecule has 1 nitrogen and oxygen atoms in total. The lowest BCUT2D eigenvalue weighted by Crippen LogP contribution is -2.33. The van der Waals surface area contributed by atoms with Crippen LogP contribution >= 0.6 is 15.9 Å². The lowest BCUT2D eigenvalue weighted by atomic mass is 9.80. The zero-order valence-electron chi connectivity index (χ0n) is 11.0. The smallest absolute Gasteiger partial charge is 0.0487 e. The first-order valence-corrected chi connectivity index (χ1v) is 7.38. The van der Waals surface area contributed by atoms with Gasteiger partial charge in [0.2, 0.25) is 0 Å². The van der Waals surface area contributed by atoms with E-state index in [4.69, 9.17) is 0 Å². The van der Waals surface area contributed by atoms with Crippen molar-refractivity contribution < 1.29 is 0 Å². The van der Waals surface area contributed by atoms with Crippen molar-refractivity contribution in [2.75, 3.05) is 5.32 Å². The highest BCUT2D eigenvalue weighted by atomic mass is 79.9. The Morgan fingerprint density at radius 3 is 2.71 bits per heavy atom. The topological polar surface area (TPSA) is 12.0 Å². The van der Waals surface area contributed by atoms with Crippen molar-refractivity contribution in [2.24, 2.45) is 11.8 Å². The van der Waals surface area contributed by atoms with Gasteiger partial charge in [-0.2, -0.15) is 0 Å². The first-order valence-electron chi connectivity index (χ1n) is 6.59. The Bertz CT molecular complexity index is 389. The van der Waals surface area contributed by atoms with Gasteiger partial charge < -0.3 is 5.32 Å². The Balaban J connectivity index is 2.08. The fraction of sp³-hybridized carbons (Fsp3) is 0.600. The number of hydrogen-bond acceptors (Lipinski definition) is 1. The summed E-state index contributed by atoms with van der Waals surface area (Å²) in [6.07, 6.45) is 4.03. The van der Waals surface area contributed by atoms with Crippen LogP contribution in [0, 0.1) is 18.8 Å². The molecule has 1 aliphatic carbocycles. The number of halogens is 1. The summed E-state index contributed by atoms with van der Waals surface area (Å²) in [5.41, 5.74) is 2.54. The molecule has 3 atom stereocenters. The predicted molar refractivity (Wildman–Crippen MR) is 78.5 cm³/mol. The summed E-state index contributed by atoms with van der Waals surface area (Å²) in [7, 11) is 0. The molecule has 1 aromatic rings. The second-order valence-corrected chi connectivity index (χ2v) is 6.48. The maximum atomic E-state index is 3.71. The molecule has 94 valence electrons. The van der Waals surface area contributed by atoms with Crippen LogP contribution in [-0.2, 0) is 0 Å². The van der Waals surface area contributed by atoms with Crippen LogP contribution in [0.1, 0.15) is 38.7 Å². The lowest BCUT2D eigenvalue weighted by Gasteiger charge is -2.34. The third-order valence-corrected chi connectivity index (χ3v) is 4.58. The van der Waals surface area contributed by atoms with E-state index >= 15 is 0 Å². The maximum absolute atomic E-state index is 3.71. The molecule has 0 radical (unpaired) electrons. The fourth-order valence-electron chi connectivity index (χ4n) is 2.67. The first kappa shape index (κ1) is 12.9. The molecule has 2 rings (SSSR count). The van der Waals surface area contributed by atoms with Gasteiger partial charge in [0.25, 0.3) is 0 Å². The Morgan fingerprint density at radius 2 is 2.00 bits per heavy atom. The molecule has 0 heterocycles. The second-order valence-electron chi connectivity index (χ2n) is 5.63. The van der Waals surface area contributed by atoms with Gasteiger partial charge in [0.15, 0.2) is 0 Å². The van der Waals surface area contributed by atoms with Gasteiger partial charge in [-0.25, -0.2) is 0 Å². The van der Waals surface area contributed by atoms with E-state index in [2.05, 4.69) is 60.2 Å². The van der Waals surface area contributed by atoms with Crippen LogP contribution < -0.4 is 5.32 Å². The average Bonchev–Trinajstić information content (AvgIpc) is 2.27. The Hall–Kier alpha value is -0.500. The molecule has 3 unspecified atom stereocenters. The van der Waals surface area contributed by atoms with Gasteiger partial charge in [0.1, 0.15) is 0 Å². The van der Waals surface area contributed by atoms with Crippen molar-refractivity contribution in [1.82, 2.24) is 0 Å². The maximum Gasteiger partial charge on any atom is 0.0487 e. The summed E-state index contributed by atoms with van der Waals surface area (Å²) < 4.78 is 1.18. The number of rotatable bonds is 2.